The molecule has 8 nitrogen and oxygen atoms in total. The van der Waals surface area contributed by atoms with Crippen LogP contribution in [0, 0.1) is 0 Å². The summed E-state index contributed by atoms with van der Waals surface area (Å²) in [5.41, 5.74) is 0.516. The van der Waals surface area contributed by atoms with Gasteiger partial charge in [0.05, 0.1) is 12.7 Å². The van der Waals surface area contributed by atoms with Crippen LogP contribution in [0.3, 0.4) is 0 Å². The summed E-state index contributed by atoms with van der Waals surface area (Å²) in [7, 11) is 0. The number of carbonyl (C=O) groups is 3. The Hall–Kier alpha value is -2.71. The van der Waals surface area contributed by atoms with Crippen LogP contribution in [-0.2, 0) is 19.1 Å². The van der Waals surface area contributed by atoms with Crippen molar-refractivity contribution >= 4 is 17.7 Å². The predicted molar refractivity (Wildman–Crippen MR) is 108 cm³/mol. The number of aliphatic hydroxyl groups is 1. The molecule has 160 valence electrons. The van der Waals surface area contributed by atoms with Gasteiger partial charge in [0.25, 0.3) is 5.91 Å². The fourth-order valence-electron chi connectivity index (χ4n) is 4.64. The Bertz CT molecular complexity index is 829. The van der Waals surface area contributed by atoms with E-state index in [2.05, 4.69) is 11.9 Å². The molecule has 0 unspecified atom stereocenters. The van der Waals surface area contributed by atoms with E-state index in [0.717, 1.165) is 0 Å². The number of piperazine rings is 1. The molecule has 5 atom stereocenters. The fourth-order valence-corrected chi connectivity index (χ4v) is 4.64. The molecule has 4 rings (SSSR count). The van der Waals surface area contributed by atoms with Gasteiger partial charge in [0.15, 0.2) is 6.10 Å². The van der Waals surface area contributed by atoms with Crippen molar-refractivity contribution in [2.24, 2.45) is 0 Å². The monoisotopic (exact) mass is 413 g/mol. The van der Waals surface area contributed by atoms with Crippen LogP contribution >= 0.6 is 0 Å². The molecule has 0 aliphatic carbocycles. The Kier molecular flexibility index (Phi) is 5.87. The number of ether oxygens (including phenoxy) is 1. The van der Waals surface area contributed by atoms with Crippen LogP contribution in [0.1, 0.15) is 30.9 Å². The van der Waals surface area contributed by atoms with Gasteiger partial charge in [0.1, 0.15) is 12.1 Å². The molecule has 3 aliphatic heterocycles. The number of nitrogens with one attached hydrogen (secondary N) is 1. The normalized spacial score (nSPS) is 29.2. The molecule has 1 aromatic rings. The zero-order chi connectivity index (χ0) is 21.3. The van der Waals surface area contributed by atoms with Gasteiger partial charge in [-0.1, -0.05) is 36.4 Å². The maximum absolute atomic E-state index is 13.1. The molecule has 8 heteroatoms. The molecule has 0 radical (unpaired) electrons. The largest absolute Gasteiger partial charge is 0.378 e. The summed E-state index contributed by atoms with van der Waals surface area (Å²) in [6.07, 6.45) is 1.62. The Morgan fingerprint density at radius 1 is 1.20 bits per heavy atom. The number of fused-ring (bicyclic) bond motifs is 2. The van der Waals surface area contributed by atoms with Crippen molar-refractivity contribution in [3.63, 3.8) is 0 Å². The number of aliphatic hydroxyl groups excluding tert-OH is 1. The van der Waals surface area contributed by atoms with Crippen LogP contribution < -0.4 is 5.32 Å². The van der Waals surface area contributed by atoms with Crippen molar-refractivity contribution in [1.82, 2.24) is 15.1 Å². The SMILES string of the molecule is C=CCO[C@@H]1C[C@H]2C(=O)N3CC[C@H](NC(=O)[C@@H](O)c4ccccc4)C[C@H]3C(=O)N2C1. The van der Waals surface area contributed by atoms with Gasteiger partial charge in [-0.3, -0.25) is 14.4 Å². The molecule has 0 aromatic heterocycles. The standard InChI is InChI=1S/C22H27N3O5/c1-2-10-30-16-12-18-21(28)24-9-8-15(11-17(24)22(29)25(18)13-16)23-20(27)19(26)14-6-4-3-5-7-14/h2-7,15-19,26H,1,8-13H2,(H,23,27)/t15-,16+,17-,18-,19-/m0/s1. The van der Waals surface area contributed by atoms with Crippen LogP contribution in [0.15, 0.2) is 43.0 Å². The molecule has 0 spiro atoms. The summed E-state index contributed by atoms with van der Waals surface area (Å²) in [4.78, 5) is 41.8. The molecule has 0 saturated carbocycles. The number of hydrogen-bond acceptors (Lipinski definition) is 5. The van der Waals surface area contributed by atoms with Crippen molar-refractivity contribution in [3.05, 3.63) is 48.6 Å². The summed E-state index contributed by atoms with van der Waals surface area (Å²) in [5.74, 6) is -0.628. The van der Waals surface area contributed by atoms with E-state index in [1.165, 1.54) is 0 Å². The van der Waals surface area contributed by atoms with E-state index in [9.17, 15) is 19.5 Å². The predicted octanol–water partition coefficient (Wildman–Crippen LogP) is 0.382. The average molecular weight is 413 g/mol. The molecule has 3 aliphatic rings. The Balaban J connectivity index is 1.40. The number of hydrogen-bond donors (Lipinski definition) is 2. The van der Waals surface area contributed by atoms with E-state index in [1.807, 2.05) is 6.07 Å². The quantitative estimate of drug-likeness (QED) is 0.657. The first-order valence-corrected chi connectivity index (χ1v) is 10.4. The van der Waals surface area contributed by atoms with Crippen LogP contribution in [0.5, 0.6) is 0 Å². The molecule has 3 heterocycles. The lowest BCUT2D eigenvalue weighted by Crippen LogP contribution is -2.66. The second kappa shape index (κ2) is 8.57. The Morgan fingerprint density at radius 2 is 1.90 bits per heavy atom. The second-order valence-electron chi connectivity index (χ2n) is 8.08. The van der Waals surface area contributed by atoms with Crippen molar-refractivity contribution in [1.29, 1.82) is 0 Å². The van der Waals surface area contributed by atoms with Crippen LogP contribution in [0.2, 0.25) is 0 Å². The summed E-state index contributed by atoms with van der Waals surface area (Å²) in [6.45, 7) is 4.83. The van der Waals surface area contributed by atoms with E-state index in [0.29, 0.717) is 44.5 Å². The summed E-state index contributed by atoms with van der Waals surface area (Å²) >= 11 is 0. The zero-order valence-electron chi connectivity index (χ0n) is 16.8. The first kappa shape index (κ1) is 20.6. The summed E-state index contributed by atoms with van der Waals surface area (Å²) < 4.78 is 5.67. The number of nitrogens with zero attached hydrogens (tertiary/aromatic N) is 2. The van der Waals surface area contributed by atoms with Crippen LogP contribution in [0.4, 0.5) is 0 Å². The van der Waals surface area contributed by atoms with Gasteiger partial charge >= 0.3 is 0 Å². The molecule has 3 amide bonds. The van der Waals surface area contributed by atoms with Crippen molar-refractivity contribution < 1.29 is 24.2 Å². The highest BCUT2D eigenvalue weighted by molar-refractivity contribution is 5.98. The van der Waals surface area contributed by atoms with Crippen molar-refractivity contribution in [3.8, 4) is 0 Å². The third-order valence-corrected chi connectivity index (χ3v) is 6.16. The van der Waals surface area contributed by atoms with E-state index < -0.39 is 24.1 Å². The lowest BCUT2D eigenvalue weighted by Gasteiger charge is -2.46. The van der Waals surface area contributed by atoms with Crippen LogP contribution in [-0.4, -0.2) is 76.6 Å². The maximum atomic E-state index is 13.1. The molecule has 3 fully saturated rings. The minimum atomic E-state index is -1.27. The summed E-state index contributed by atoms with van der Waals surface area (Å²) in [5, 5.41) is 13.1. The number of amides is 3. The first-order valence-electron chi connectivity index (χ1n) is 10.4. The fraction of sp³-hybridized carbons (Fsp3) is 0.500. The van der Waals surface area contributed by atoms with E-state index in [-0.39, 0.29) is 24.0 Å². The zero-order valence-corrected chi connectivity index (χ0v) is 16.8. The third-order valence-electron chi connectivity index (χ3n) is 6.16. The Morgan fingerprint density at radius 3 is 2.63 bits per heavy atom. The highest BCUT2D eigenvalue weighted by Gasteiger charge is 2.52. The van der Waals surface area contributed by atoms with Gasteiger partial charge in [-0.15, -0.1) is 6.58 Å². The lowest BCUT2D eigenvalue weighted by molar-refractivity contribution is -0.162. The van der Waals surface area contributed by atoms with Gasteiger partial charge in [-0.2, -0.15) is 0 Å². The van der Waals surface area contributed by atoms with Crippen molar-refractivity contribution in [2.75, 3.05) is 19.7 Å². The van der Waals surface area contributed by atoms with Crippen LogP contribution in [0.25, 0.3) is 0 Å². The topological polar surface area (TPSA) is 99.2 Å². The Labute approximate surface area is 175 Å². The number of carbonyl (C=O) groups excluding carboxylic acids is 3. The highest BCUT2D eigenvalue weighted by Crippen LogP contribution is 2.32. The van der Waals surface area contributed by atoms with Gasteiger partial charge in [0.2, 0.25) is 11.8 Å². The van der Waals surface area contributed by atoms with E-state index in [1.54, 1.807) is 40.1 Å². The molecule has 2 N–H and O–H groups in total. The smallest absolute Gasteiger partial charge is 0.253 e. The lowest BCUT2D eigenvalue weighted by atomic mass is 9.92. The number of piperidine rings is 1. The molecule has 3 saturated heterocycles. The minimum absolute atomic E-state index is 0.0431. The molecular formula is C22H27N3O5. The summed E-state index contributed by atoms with van der Waals surface area (Å²) in [6, 6.07) is 7.39. The molecule has 0 bridgehead atoms. The minimum Gasteiger partial charge on any atom is -0.378 e. The highest BCUT2D eigenvalue weighted by atomic mass is 16.5. The third kappa shape index (κ3) is 3.85. The molecule has 30 heavy (non-hydrogen) atoms. The van der Waals surface area contributed by atoms with E-state index in [4.69, 9.17) is 4.74 Å². The maximum Gasteiger partial charge on any atom is 0.253 e. The van der Waals surface area contributed by atoms with Gasteiger partial charge in [-0.05, 0) is 18.4 Å². The average Bonchev–Trinajstić information content (AvgIpc) is 3.21. The number of benzene rings is 1. The van der Waals surface area contributed by atoms with Gasteiger partial charge < -0.3 is 25.0 Å². The van der Waals surface area contributed by atoms with Gasteiger partial charge in [0, 0.05) is 25.6 Å². The second-order valence-corrected chi connectivity index (χ2v) is 8.08. The molecule has 1 aromatic carbocycles. The van der Waals surface area contributed by atoms with E-state index >= 15 is 0 Å². The van der Waals surface area contributed by atoms with Crippen molar-refractivity contribution in [2.45, 2.75) is 49.6 Å². The molecular weight excluding hydrogens is 386 g/mol. The first-order chi connectivity index (χ1) is 14.5. The number of rotatable bonds is 6. The van der Waals surface area contributed by atoms with Gasteiger partial charge in [-0.25, -0.2) is 0 Å².